The maximum Gasteiger partial charge on any atom is 0.331 e. The fourth-order valence-electron chi connectivity index (χ4n) is 2.07. The molecule has 0 saturated carbocycles. The predicted molar refractivity (Wildman–Crippen MR) is 89.3 cm³/mol. The molecule has 6 heteroatoms. The summed E-state index contributed by atoms with van der Waals surface area (Å²) >= 11 is 0. The Morgan fingerprint density at radius 2 is 1.79 bits per heavy atom. The van der Waals surface area contributed by atoms with Crippen molar-refractivity contribution in [3.63, 3.8) is 0 Å². The molecule has 1 aromatic carbocycles. The largest absolute Gasteiger partial charge is 0.464 e. The highest BCUT2D eigenvalue weighted by molar-refractivity contribution is 5.98. The van der Waals surface area contributed by atoms with Crippen molar-refractivity contribution in [2.45, 2.75) is 26.3 Å². The van der Waals surface area contributed by atoms with E-state index in [9.17, 15) is 14.4 Å². The van der Waals surface area contributed by atoms with Gasteiger partial charge in [-0.1, -0.05) is 30.9 Å². The number of hydrogen-bond donors (Lipinski definition) is 0. The van der Waals surface area contributed by atoms with Gasteiger partial charge in [0.25, 0.3) is 5.91 Å². The standard InChI is InChI=1S/C18H23NO5/c1-5-12-24-17(22)18(3,4)19(11-13-23-14(2)20)16(21)15-9-7-6-8-10-15/h5-10H,1,11-13H2,2-4H3. The quantitative estimate of drug-likeness (QED) is 0.539. The van der Waals surface area contributed by atoms with E-state index in [-0.39, 0.29) is 25.7 Å². The first-order chi connectivity index (χ1) is 11.3. The minimum Gasteiger partial charge on any atom is -0.464 e. The van der Waals surface area contributed by atoms with Crippen molar-refractivity contribution in [3.8, 4) is 0 Å². The smallest absolute Gasteiger partial charge is 0.331 e. The molecule has 0 unspecified atom stereocenters. The minimum atomic E-state index is -1.23. The number of benzene rings is 1. The lowest BCUT2D eigenvalue weighted by molar-refractivity contribution is -0.154. The Bertz CT molecular complexity index is 595. The molecule has 130 valence electrons. The van der Waals surface area contributed by atoms with Crippen LogP contribution in [0, 0.1) is 0 Å². The van der Waals surface area contributed by atoms with Crippen molar-refractivity contribution >= 4 is 17.8 Å². The summed E-state index contributed by atoms with van der Waals surface area (Å²) in [5, 5.41) is 0. The van der Waals surface area contributed by atoms with Gasteiger partial charge in [-0.3, -0.25) is 9.59 Å². The lowest BCUT2D eigenvalue weighted by Crippen LogP contribution is -2.55. The second kappa shape index (κ2) is 8.86. The van der Waals surface area contributed by atoms with Gasteiger partial charge in [0.15, 0.2) is 0 Å². The van der Waals surface area contributed by atoms with Crippen LogP contribution in [0.15, 0.2) is 43.0 Å². The SMILES string of the molecule is C=CCOC(=O)C(C)(C)N(CCOC(C)=O)C(=O)c1ccccc1. The topological polar surface area (TPSA) is 72.9 Å². The highest BCUT2D eigenvalue weighted by Gasteiger charge is 2.39. The number of hydrogen-bond acceptors (Lipinski definition) is 5. The third-order valence-corrected chi connectivity index (χ3v) is 3.39. The molecule has 0 bridgehead atoms. The van der Waals surface area contributed by atoms with Gasteiger partial charge in [0, 0.05) is 12.5 Å². The molecular formula is C18H23NO5. The molecule has 0 spiro atoms. The summed E-state index contributed by atoms with van der Waals surface area (Å²) in [6.45, 7) is 8.08. The average molecular weight is 333 g/mol. The Morgan fingerprint density at radius 1 is 1.17 bits per heavy atom. The molecule has 0 N–H and O–H groups in total. The number of rotatable bonds is 8. The lowest BCUT2D eigenvalue weighted by atomic mass is 10.0. The van der Waals surface area contributed by atoms with Gasteiger partial charge in [-0.25, -0.2) is 4.79 Å². The van der Waals surface area contributed by atoms with Gasteiger partial charge in [0.2, 0.25) is 0 Å². The van der Waals surface area contributed by atoms with Crippen LogP contribution < -0.4 is 0 Å². The second-order valence-corrected chi connectivity index (χ2v) is 5.61. The van der Waals surface area contributed by atoms with Gasteiger partial charge in [-0.2, -0.15) is 0 Å². The summed E-state index contributed by atoms with van der Waals surface area (Å²) in [7, 11) is 0. The van der Waals surface area contributed by atoms with Gasteiger partial charge >= 0.3 is 11.9 Å². The van der Waals surface area contributed by atoms with Crippen LogP contribution in [-0.2, 0) is 19.1 Å². The summed E-state index contributed by atoms with van der Waals surface area (Å²) in [4.78, 5) is 37.4. The van der Waals surface area contributed by atoms with Gasteiger partial charge < -0.3 is 14.4 Å². The van der Waals surface area contributed by atoms with Gasteiger partial charge in [-0.05, 0) is 26.0 Å². The zero-order valence-corrected chi connectivity index (χ0v) is 14.3. The van der Waals surface area contributed by atoms with E-state index in [1.807, 2.05) is 0 Å². The van der Waals surface area contributed by atoms with Crippen molar-refractivity contribution in [1.82, 2.24) is 4.90 Å². The van der Waals surface area contributed by atoms with Crippen LogP contribution in [0.2, 0.25) is 0 Å². The normalized spacial score (nSPS) is 10.6. The van der Waals surface area contributed by atoms with Gasteiger partial charge in [0.1, 0.15) is 18.8 Å². The molecule has 0 heterocycles. The molecule has 0 aromatic heterocycles. The van der Waals surface area contributed by atoms with Crippen LogP contribution in [-0.4, -0.2) is 48.0 Å². The molecule has 6 nitrogen and oxygen atoms in total. The van der Waals surface area contributed by atoms with E-state index in [0.29, 0.717) is 5.56 Å². The molecule has 0 atom stereocenters. The molecule has 24 heavy (non-hydrogen) atoms. The molecule has 0 aliphatic rings. The zero-order chi connectivity index (χ0) is 18.2. The highest BCUT2D eigenvalue weighted by Crippen LogP contribution is 2.20. The first-order valence-corrected chi connectivity index (χ1v) is 7.59. The van der Waals surface area contributed by atoms with E-state index in [1.165, 1.54) is 17.9 Å². The number of ether oxygens (including phenoxy) is 2. The maximum atomic E-state index is 12.8. The lowest BCUT2D eigenvalue weighted by Gasteiger charge is -2.36. The summed E-state index contributed by atoms with van der Waals surface area (Å²) in [5.41, 5.74) is -0.791. The average Bonchev–Trinajstić information content (AvgIpc) is 2.56. The van der Waals surface area contributed by atoms with E-state index in [0.717, 1.165) is 0 Å². The summed E-state index contributed by atoms with van der Waals surface area (Å²) < 4.78 is 10.0. The van der Waals surface area contributed by atoms with E-state index in [1.54, 1.807) is 44.2 Å². The van der Waals surface area contributed by atoms with E-state index < -0.39 is 17.5 Å². The fraction of sp³-hybridized carbons (Fsp3) is 0.389. The Labute approximate surface area is 142 Å². The maximum absolute atomic E-state index is 12.8. The highest BCUT2D eigenvalue weighted by atomic mass is 16.5. The fourth-order valence-corrected chi connectivity index (χ4v) is 2.07. The first kappa shape index (κ1) is 19.4. The van der Waals surface area contributed by atoms with Crippen LogP contribution in [0.1, 0.15) is 31.1 Å². The van der Waals surface area contributed by atoms with Gasteiger partial charge in [0.05, 0.1) is 6.54 Å². The van der Waals surface area contributed by atoms with Crippen LogP contribution in [0.4, 0.5) is 0 Å². The number of carbonyl (C=O) groups is 3. The number of carbonyl (C=O) groups excluding carboxylic acids is 3. The molecule has 0 aliphatic carbocycles. The van der Waals surface area contributed by atoms with Crippen LogP contribution in [0.25, 0.3) is 0 Å². The molecule has 1 amide bonds. The van der Waals surface area contributed by atoms with E-state index >= 15 is 0 Å². The second-order valence-electron chi connectivity index (χ2n) is 5.61. The monoisotopic (exact) mass is 333 g/mol. The number of nitrogens with zero attached hydrogens (tertiary/aromatic N) is 1. The number of amides is 1. The Morgan fingerprint density at radius 3 is 2.33 bits per heavy atom. The molecule has 0 radical (unpaired) electrons. The summed E-state index contributed by atoms with van der Waals surface area (Å²) in [5.74, 6) is -1.35. The third kappa shape index (κ3) is 5.22. The molecule has 0 saturated heterocycles. The van der Waals surface area contributed by atoms with Crippen LogP contribution in [0.5, 0.6) is 0 Å². The van der Waals surface area contributed by atoms with Gasteiger partial charge in [-0.15, -0.1) is 0 Å². The Balaban J connectivity index is 3.02. The van der Waals surface area contributed by atoms with Crippen molar-refractivity contribution < 1.29 is 23.9 Å². The Kier molecular flexibility index (Phi) is 7.17. The van der Waals surface area contributed by atoms with E-state index in [2.05, 4.69) is 6.58 Å². The number of esters is 2. The molecule has 1 rings (SSSR count). The Hall–Kier alpha value is -2.63. The van der Waals surface area contributed by atoms with Crippen LogP contribution >= 0.6 is 0 Å². The molecular weight excluding hydrogens is 310 g/mol. The summed E-state index contributed by atoms with van der Waals surface area (Å²) in [6, 6.07) is 8.59. The molecule has 0 fully saturated rings. The third-order valence-electron chi connectivity index (χ3n) is 3.39. The van der Waals surface area contributed by atoms with Crippen molar-refractivity contribution in [1.29, 1.82) is 0 Å². The van der Waals surface area contributed by atoms with Crippen molar-refractivity contribution in [2.75, 3.05) is 19.8 Å². The van der Waals surface area contributed by atoms with Crippen LogP contribution in [0.3, 0.4) is 0 Å². The first-order valence-electron chi connectivity index (χ1n) is 7.59. The van der Waals surface area contributed by atoms with Crippen molar-refractivity contribution in [3.05, 3.63) is 48.6 Å². The zero-order valence-electron chi connectivity index (χ0n) is 14.3. The predicted octanol–water partition coefficient (Wildman–Crippen LogP) is 2.20. The molecule has 1 aromatic rings. The summed E-state index contributed by atoms with van der Waals surface area (Å²) in [6.07, 6.45) is 1.45. The van der Waals surface area contributed by atoms with Crippen molar-refractivity contribution in [2.24, 2.45) is 0 Å². The minimum absolute atomic E-state index is 0.00786. The van der Waals surface area contributed by atoms with E-state index in [4.69, 9.17) is 9.47 Å². The molecule has 0 aliphatic heterocycles.